The van der Waals surface area contributed by atoms with Gasteiger partial charge in [-0.1, -0.05) is 0 Å². The highest BCUT2D eigenvalue weighted by Gasteiger charge is 2.55. The number of likely N-dealkylation sites (N-methyl/N-ethyl adjacent to an activating group) is 1. The average Bonchev–Trinajstić information content (AvgIpc) is 2.94. The van der Waals surface area contributed by atoms with Crippen molar-refractivity contribution in [3.63, 3.8) is 0 Å². The van der Waals surface area contributed by atoms with Gasteiger partial charge in [-0.3, -0.25) is 0 Å². The summed E-state index contributed by atoms with van der Waals surface area (Å²) >= 11 is 0. The first-order valence-corrected chi connectivity index (χ1v) is 15.3. The lowest BCUT2D eigenvalue weighted by atomic mass is 9.72. The van der Waals surface area contributed by atoms with E-state index in [9.17, 15) is 35.7 Å². The van der Waals surface area contributed by atoms with Gasteiger partial charge in [-0.05, 0) is 45.7 Å². The van der Waals surface area contributed by atoms with Crippen molar-refractivity contribution < 1.29 is 50.0 Å². The Morgan fingerprint density at radius 1 is 0.977 bits per heavy atom. The molecule has 0 spiro atoms. The van der Waals surface area contributed by atoms with Crippen LogP contribution in [-0.2, 0) is 14.2 Å². The second kappa shape index (κ2) is 14.8. The number of aliphatic hydroxyl groups is 7. The molecule has 4 aliphatic rings. The van der Waals surface area contributed by atoms with Crippen molar-refractivity contribution in [1.29, 1.82) is 0 Å². The highest BCUT2D eigenvalue weighted by Crippen LogP contribution is 2.37. The lowest BCUT2D eigenvalue weighted by molar-refractivity contribution is -0.303. The van der Waals surface area contributed by atoms with E-state index < -0.39 is 90.9 Å². The third kappa shape index (κ3) is 7.85. The number of nitrogens with two attached hydrogens (primary N) is 3. The maximum atomic E-state index is 11.8. The zero-order valence-corrected chi connectivity index (χ0v) is 25.0. The fraction of sp³-hybridized carbons (Fsp3) is 1.00. The first-order valence-electron chi connectivity index (χ1n) is 15.3. The molecule has 15 atom stereocenters. The fourth-order valence-electron chi connectivity index (χ4n) is 7.05. The Morgan fingerprint density at radius 3 is 2.30 bits per heavy atom. The molecule has 43 heavy (non-hydrogen) atoms. The normalized spacial score (nSPS) is 49.8. The van der Waals surface area contributed by atoms with E-state index in [2.05, 4.69) is 16.0 Å². The van der Waals surface area contributed by atoms with Gasteiger partial charge in [-0.25, -0.2) is 0 Å². The predicted octanol–water partition coefficient (Wildman–Crippen LogP) is -6.41. The van der Waals surface area contributed by atoms with Crippen LogP contribution in [0.3, 0.4) is 0 Å². The van der Waals surface area contributed by atoms with Gasteiger partial charge in [-0.2, -0.15) is 0 Å². The molecule has 16 nitrogen and oxygen atoms in total. The van der Waals surface area contributed by atoms with Gasteiger partial charge >= 0.3 is 0 Å². The lowest BCUT2D eigenvalue weighted by Crippen LogP contribution is -2.71. The van der Waals surface area contributed by atoms with Crippen LogP contribution in [-0.4, -0.2) is 167 Å². The van der Waals surface area contributed by atoms with E-state index in [0.717, 1.165) is 12.8 Å². The number of ether oxygens (including phenoxy) is 3. The summed E-state index contributed by atoms with van der Waals surface area (Å²) in [5, 5.41) is 85.2. The Bertz CT molecular complexity index is 874. The van der Waals surface area contributed by atoms with Crippen LogP contribution in [0.4, 0.5) is 0 Å². The van der Waals surface area contributed by atoms with Gasteiger partial charge in [0.05, 0.1) is 37.1 Å². The Hall–Kier alpha value is -0.640. The first-order chi connectivity index (χ1) is 20.3. The van der Waals surface area contributed by atoms with Gasteiger partial charge in [0, 0.05) is 43.7 Å². The summed E-state index contributed by atoms with van der Waals surface area (Å²) < 4.78 is 18.0. The zero-order chi connectivity index (χ0) is 31.6. The third-order valence-corrected chi connectivity index (χ3v) is 9.65. The summed E-state index contributed by atoms with van der Waals surface area (Å²) in [5.74, 6) is -0.546. The van der Waals surface area contributed by atoms with Crippen LogP contribution < -0.4 is 33.2 Å². The number of aliphatic hydroxyl groups excluding tert-OH is 6. The van der Waals surface area contributed by atoms with Gasteiger partial charge in [0.25, 0.3) is 0 Å². The van der Waals surface area contributed by atoms with Crippen LogP contribution in [0.15, 0.2) is 0 Å². The van der Waals surface area contributed by atoms with Crippen molar-refractivity contribution in [1.82, 2.24) is 16.0 Å². The van der Waals surface area contributed by atoms with Crippen molar-refractivity contribution in [3.05, 3.63) is 0 Å². The highest BCUT2D eigenvalue weighted by molar-refractivity contribution is 5.07. The molecule has 4 rings (SSSR count). The van der Waals surface area contributed by atoms with Crippen LogP contribution in [0.2, 0.25) is 0 Å². The zero-order valence-electron chi connectivity index (χ0n) is 25.0. The van der Waals surface area contributed by atoms with E-state index in [1.54, 1.807) is 7.05 Å². The van der Waals surface area contributed by atoms with Crippen molar-refractivity contribution >= 4 is 0 Å². The molecule has 0 radical (unpaired) electrons. The molecule has 2 heterocycles. The molecule has 2 aliphatic heterocycles. The van der Waals surface area contributed by atoms with Gasteiger partial charge in [0.2, 0.25) is 0 Å². The van der Waals surface area contributed by atoms with Crippen molar-refractivity contribution in [2.45, 2.75) is 117 Å². The van der Waals surface area contributed by atoms with Gasteiger partial charge in [-0.15, -0.1) is 0 Å². The van der Waals surface area contributed by atoms with E-state index in [-0.39, 0.29) is 38.7 Å². The average molecular weight is 623 g/mol. The molecule has 4 fully saturated rings. The SMILES string of the molecule is CN[C@@H]1[C@@H](O)[C@@H](O[C@H]2[C@H](NCC(O)CN)C[C@H](N)C([C@H]3O[C@H](CNCC4CC(N)C4)[C@@H](O)[C@H](O)[C@H]3O)[C@@H]2O)OC[C@]1(C)O. The van der Waals surface area contributed by atoms with E-state index in [1.807, 2.05) is 0 Å². The Labute approximate surface area is 252 Å². The molecule has 2 unspecified atom stereocenters. The van der Waals surface area contributed by atoms with Gasteiger partial charge in [0.1, 0.15) is 36.1 Å². The van der Waals surface area contributed by atoms with E-state index >= 15 is 0 Å². The lowest BCUT2D eigenvalue weighted by Gasteiger charge is -2.52. The molecular weight excluding hydrogens is 568 g/mol. The highest BCUT2D eigenvalue weighted by atomic mass is 16.7. The van der Waals surface area contributed by atoms with Crippen LogP contribution >= 0.6 is 0 Å². The Morgan fingerprint density at radius 2 is 1.67 bits per heavy atom. The molecular formula is C27H54N6O10. The van der Waals surface area contributed by atoms with Crippen molar-refractivity contribution in [2.24, 2.45) is 29.0 Å². The van der Waals surface area contributed by atoms with Crippen LogP contribution in [0.1, 0.15) is 26.2 Å². The predicted molar refractivity (Wildman–Crippen MR) is 153 cm³/mol. The van der Waals surface area contributed by atoms with Gasteiger partial charge in [0.15, 0.2) is 6.29 Å². The Balaban J connectivity index is 1.51. The van der Waals surface area contributed by atoms with E-state index in [4.69, 9.17) is 31.4 Å². The quantitative estimate of drug-likeness (QED) is 0.0963. The molecule has 0 aromatic heterocycles. The molecule has 0 amide bonds. The molecule has 16 N–H and O–H groups in total. The standard InChI is InChI=1S/C27H54N6O10/c1-27(40)10-41-26(22(39)25(27)31-2)43-23-15(33-8-13(34)6-28)5-14(30)17(19(23)36)24-21(38)20(37)18(35)16(42-24)9-32-7-11-3-12(29)4-11/h11-26,31-40H,3-10,28-30H2,1-2H3/t11?,12?,13?,14-,15+,16+,17?,18+,19-,20-,21+,22+,23-,24+,25+,26+,27-/m0/s1. The minimum absolute atomic E-state index is 0.00282. The molecule has 252 valence electrons. The summed E-state index contributed by atoms with van der Waals surface area (Å²) in [6.45, 7) is 2.28. The third-order valence-electron chi connectivity index (χ3n) is 9.65. The second-order valence-electron chi connectivity index (χ2n) is 13.1. The molecule has 2 saturated carbocycles. The maximum Gasteiger partial charge on any atom is 0.185 e. The minimum atomic E-state index is -1.56. The smallest absolute Gasteiger partial charge is 0.185 e. The summed E-state index contributed by atoms with van der Waals surface area (Å²) in [5.41, 5.74) is 16.6. The summed E-state index contributed by atoms with van der Waals surface area (Å²) in [6.07, 6.45) is -10.5. The molecule has 2 saturated heterocycles. The maximum absolute atomic E-state index is 11.8. The molecule has 0 bridgehead atoms. The summed E-state index contributed by atoms with van der Waals surface area (Å²) in [4.78, 5) is 0. The Kier molecular flexibility index (Phi) is 12.2. The van der Waals surface area contributed by atoms with Crippen molar-refractivity contribution in [3.8, 4) is 0 Å². The molecule has 2 aliphatic carbocycles. The molecule has 0 aromatic rings. The van der Waals surface area contributed by atoms with Crippen LogP contribution in [0.5, 0.6) is 0 Å². The summed E-state index contributed by atoms with van der Waals surface area (Å²) in [7, 11) is 1.59. The van der Waals surface area contributed by atoms with Crippen LogP contribution in [0, 0.1) is 11.8 Å². The summed E-state index contributed by atoms with van der Waals surface area (Å²) in [6, 6.07) is -2.02. The van der Waals surface area contributed by atoms with Crippen LogP contribution in [0.25, 0.3) is 0 Å². The number of nitrogens with one attached hydrogen (secondary N) is 3. The van der Waals surface area contributed by atoms with Crippen molar-refractivity contribution in [2.75, 3.05) is 39.8 Å². The number of hydrogen-bond acceptors (Lipinski definition) is 16. The largest absolute Gasteiger partial charge is 0.390 e. The second-order valence-corrected chi connectivity index (χ2v) is 13.1. The van der Waals surface area contributed by atoms with Gasteiger partial charge < -0.3 is 83.1 Å². The first kappa shape index (κ1) is 35.2. The topological polar surface area (TPSA) is 283 Å². The monoisotopic (exact) mass is 622 g/mol. The molecule has 0 aromatic carbocycles. The minimum Gasteiger partial charge on any atom is -0.390 e. The van der Waals surface area contributed by atoms with E-state index in [0.29, 0.717) is 12.5 Å². The number of rotatable bonds is 12. The fourth-order valence-corrected chi connectivity index (χ4v) is 7.05. The number of hydrogen-bond donors (Lipinski definition) is 13. The van der Waals surface area contributed by atoms with E-state index in [1.165, 1.54) is 6.92 Å². The molecule has 16 heteroatoms.